The molecule has 0 aliphatic carbocycles. The molecular formula is C25H23BrN2O3S. The average molecular weight is 511 g/mol. The van der Waals surface area contributed by atoms with Gasteiger partial charge in [0, 0.05) is 32.3 Å². The van der Waals surface area contributed by atoms with Crippen molar-refractivity contribution in [2.45, 2.75) is 26.3 Å². The molecule has 164 valence electrons. The van der Waals surface area contributed by atoms with Gasteiger partial charge in [0.2, 0.25) is 0 Å². The number of likely N-dealkylation sites (tertiary alicyclic amines) is 1. The quantitative estimate of drug-likeness (QED) is 0.417. The Balaban J connectivity index is 1.51. The minimum atomic E-state index is -0.455. The number of piperidine rings is 1. The molecule has 5 rings (SSSR count). The molecular weight excluding hydrogens is 488 g/mol. The molecule has 2 aromatic carbocycles. The minimum absolute atomic E-state index is 0.0640. The molecule has 1 N–H and O–H groups in total. The highest BCUT2D eigenvalue weighted by molar-refractivity contribution is 9.10. The summed E-state index contributed by atoms with van der Waals surface area (Å²) in [6, 6.07) is 13.0. The number of benzene rings is 2. The summed E-state index contributed by atoms with van der Waals surface area (Å²) in [5.74, 6) is 0.582. The van der Waals surface area contributed by atoms with Crippen LogP contribution in [0.3, 0.4) is 0 Å². The van der Waals surface area contributed by atoms with Crippen LogP contribution in [0.15, 0.2) is 61.5 Å². The molecule has 0 amide bonds. The molecule has 0 bridgehead atoms. The Kier molecular flexibility index (Phi) is 5.88. The number of hydrogen-bond acceptors (Lipinski definition) is 5. The Morgan fingerprint density at radius 3 is 2.84 bits per heavy atom. The predicted molar refractivity (Wildman–Crippen MR) is 129 cm³/mol. The van der Waals surface area contributed by atoms with Gasteiger partial charge in [-0.25, -0.2) is 9.78 Å². The third-order valence-corrected chi connectivity index (χ3v) is 7.53. The van der Waals surface area contributed by atoms with Crippen molar-refractivity contribution in [3.05, 3.63) is 68.3 Å². The van der Waals surface area contributed by atoms with Crippen LogP contribution in [0.2, 0.25) is 0 Å². The lowest BCUT2D eigenvalue weighted by atomic mass is 9.99. The Labute approximate surface area is 198 Å². The topological polar surface area (TPSA) is 70.6 Å². The lowest BCUT2D eigenvalue weighted by Gasteiger charge is -2.29. The maximum absolute atomic E-state index is 12.9. The summed E-state index contributed by atoms with van der Waals surface area (Å²) in [6.07, 6.45) is 2.39. The summed E-state index contributed by atoms with van der Waals surface area (Å²) < 4.78 is 6.75. The monoisotopic (exact) mass is 510 g/mol. The van der Waals surface area contributed by atoms with E-state index in [-0.39, 0.29) is 5.75 Å². The lowest BCUT2D eigenvalue weighted by Crippen LogP contribution is -3.12. The first-order valence-corrected chi connectivity index (χ1v) is 12.5. The van der Waals surface area contributed by atoms with E-state index in [4.69, 9.17) is 4.42 Å². The molecule has 0 spiro atoms. The van der Waals surface area contributed by atoms with E-state index in [1.807, 2.05) is 35.7 Å². The summed E-state index contributed by atoms with van der Waals surface area (Å²) in [6.45, 7) is 4.92. The fourth-order valence-electron chi connectivity index (χ4n) is 4.50. The molecule has 2 aromatic heterocycles. The van der Waals surface area contributed by atoms with Gasteiger partial charge in [-0.15, -0.1) is 11.3 Å². The van der Waals surface area contributed by atoms with Gasteiger partial charge in [0.1, 0.15) is 17.1 Å². The second kappa shape index (κ2) is 8.81. The molecule has 0 saturated carbocycles. The molecule has 2 atom stereocenters. The number of aromatic nitrogens is 1. The van der Waals surface area contributed by atoms with Crippen LogP contribution in [-0.4, -0.2) is 18.1 Å². The zero-order valence-electron chi connectivity index (χ0n) is 17.7. The van der Waals surface area contributed by atoms with Gasteiger partial charge in [0.15, 0.2) is 0 Å². The van der Waals surface area contributed by atoms with Crippen molar-refractivity contribution >= 4 is 38.2 Å². The van der Waals surface area contributed by atoms with Gasteiger partial charge >= 0.3 is 5.63 Å². The molecule has 0 radical (unpaired) electrons. The number of nitrogens with one attached hydrogen (secondary N) is 1. The van der Waals surface area contributed by atoms with Crippen LogP contribution in [0, 0.1) is 5.92 Å². The molecule has 1 fully saturated rings. The highest BCUT2D eigenvalue weighted by Gasteiger charge is 2.22. The summed E-state index contributed by atoms with van der Waals surface area (Å²) in [7, 11) is 0. The molecule has 1 aliphatic heterocycles. The number of nitrogens with zero attached hydrogens (tertiary/aromatic N) is 1. The van der Waals surface area contributed by atoms with Gasteiger partial charge in [-0.3, -0.25) is 0 Å². The van der Waals surface area contributed by atoms with Crippen molar-refractivity contribution in [2.24, 2.45) is 5.92 Å². The number of hydrogen-bond donors (Lipinski definition) is 1. The zero-order chi connectivity index (χ0) is 22.2. The zero-order valence-corrected chi connectivity index (χ0v) is 20.1. The molecule has 7 heteroatoms. The van der Waals surface area contributed by atoms with Crippen molar-refractivity contribution in [2.75, 3.05) is 13.1 Å². The third kappa shape index (κ3) is 4.25. The molecule has 32 heavy (non-hydrogen) atoms. The van der Waals surface area contributed by atoms with Crippen LogP contribution in [0.4, 0.5) is 0 Å². The van der Waals surface area contributed by atoms with Crippen LogP contribution in [-0.2, 0) is 6.54 Å². The van der Waals surface area contributed by atoms with Gasteiger partial charge < -0.3 is 14.4 Å². The molecule has 1 saturated heterocycles. The third-order valence-electron chi connectivity index (χ3n) is 6.13. The fourth-order valence-corrected chi connectivity index (χ4v) is 5.60. The van der Waals surface area contributed by atoms with Gasteiger partial charge in [0.25, 0.3) is 0 Å². The first-order valence-electron chi connectivity index (χ1n) is 10.8. The van der Waals surface area contributed by atoms with Crippen LogP contribution in [0.25, 0.3) is 32.8 Å². The Morgan fingerprint density at radius 1 is 1.25 bits per heavy atom. The number of halogens is 1. The van der Waals surface area contributed by atoms with Crippen molar-refractivity contribution in [1.82, 2.24) is 4.98 Å². The minimum Gasteiger partial charge on any atom is -0.872 e. The molecule has 2 unspecified atom stereocenters. The van der Waals surface area contributed by atoms with E-state index in [0.717, 1.165) is 40.6 Å². The Morgan fingerprint density at radius 2 is 2.06 bits per heavy atom. The van der Waals surface area contributed by atoms with E-state index >= 15 is 0 Å². The number of fused-ring (bicyclic) bond motifs is 1. The molecule has 5 nitrogen and oxygen atoms in total. The van der Waals surface area contributed by atoms with Gasteiger partial charge in [-0.1, -0.05) is 52.9 Å². The summed E-state index contributed by atoms with van der Waals surface area (Å²) in [5.41, 5.74) is 2.79. The van der Waals surface area contributed by atoms with Gasteiger partial charge in [-0.2, -0.15) is 0 Å². The Hall–Kier alpha value is -2.48. The fraction of sp³-hybridized carbons (Fsp3) is 0.280. The SMILES string of the molecule is CC1CCC[NH+](Cc2c([O-])ccc3cc(-c4nc(-c5ccc(Br)cc5)cs4)c(=O)oc23)C1. The first-order chi connectivity index (χ1) is 15.5. The number of rotatable bonds is 4. The van der Waals surface area contributed by atoms with Crippen LogP contribution in [0.5, 0.6) is 5.75 Å². The predicted octanol–water partition coefficient (Wildman–Crippen LogP) is 4.23. The average Bonchev–Trinajstić information content (AvgIpc) is 3.26. The molecule has 4 aromatic rings. The van der Waals surface area contributed by atoms with Crippen LogP contribution < -0.4 is 15.6 Å². The van der Waals surface area contributed by atoms with E-state index in [9.17, 15) is 9.90 Å². The van der Waals surface area contributed by atoms with Crippen LogP contribution in [0.1, 0.15) is 25.3 Å². The largest absolute Gasteiger partial charge is 0.872 e. The van der Waals surface area contributed by atoms with Crippen molar-refractivity contribution in [1.29, 1.82) is 0 Å². The summed E-state index contributed by atoms with van der Waals surface area (Å²) in [4.78, 5) is 19.0. The maximum Gasteiger partial charge on any atom is 0.346 e. The van der Waals surface area contributed by atoms with E-state index in [1.54, 1.807) is 12.1 Å². The molecule has 3 heterocycles. The first kappa shape index (κ1) is 21.4. The van der Waals surface area contributed by atoms with Crippen molar-refractivity contribution in [3.8, 4) is 27.6 Å². The smallest absolute Gasteiger partial charge is 0.346 e. The van der Waals surface area contributed by atoms with Gasteiger partial charge in [0.05, 0.1) is 24.3 Å². The highest BCUT2D eigenvalue weighted by Crippen LogP contribution is 2.31. The summed E-state index contributed by atoms with van der Waals surface area (Å²) in [5, 5.41) is 16.0. The van der Waals surface area contributed by atoms with E-state index in [2.05, 4.69) is 27.8 Å². The Bertz CT molecular complexity index is 1330. The normalized spacial score (nSPS) is 18.8. The number of quaternary nitrogens is 1. The second-order valence-corrected chi connectivity index (χ2v) is 10.4. The van der Waals surface area contributed by atoms with Crippen LogP contribution >= 0.6 is 27.3 Å². The lowest BCUT2D eigenvalue weighted by molar-refractivity contribution is -0.922. The second-order valence-electron chi connectivity index (χ2n) is 8.58. The van der Waals surface area contributed by atoms with Gasteiger partial charge in [-0.05, 0) is 31.0 Å². The van der Waals surface area contributed by atoms with E-state index in [1.165, 1.54) is 22.7 Å². The maximum atomic E-state index is 12.9. The van der Waals surface area contributed by atoms with E-state index < -0.39 is 5.63 Å². The summed E-state index contributed by atoms with van der Waals surface area (Å²) >= 11 is 4.85. The highest BCUT2D eigenvalue weighted by atomic mass is 79.9. The van der Waals surface area contributed by atoms with Crippen molar-refractivity contribution in [3.63, 3.8) is 0 Å². The standard InChI is InChI=1S/C25H23BrN2O3S/c1-15-3-2-10-28(12-15)13-20-22(29)9-6-17-11-19(25(30)31-23(17)20)24-27-21(14-32-24)16-4-7-18(26)8-5-16/h4-9,11,14-15,29H,2-3,10,12-13H2,1H3. The van der Waals surface area contributed by atoms with Crippen molar-refractivity contribution < 1.29 is 14.4 Å². The van der Waals surface area contributed by atoms with E-state index in [0.29, 0.717) is 34.2 Å². The number of thiazole rings is 1. The molecule has 1 aliphatic rings.